The molecular formula is C30H41F4N5. The van der Waals surface area contributed by atoms with Gasteiger partial charge < -0.3 is 16.0 Å². The van der Waals surface area contributed by atoms with Gasteiger partial charge in [0.1, 0.15) is 5.84 Å². The maximum Gasteiger partial charge on any atom is 0.417 e. The van der Waals surface area contributed by atoms with Crippen molar-refractivity contribution in [1.82, 2.24) is 20.9 Å². The lowest BCUT2D eigenvalue weighted by atomic mass is 9.90. The summed E-state index contributed by atoms with van der Waals surface area (Å²) in [6.07, 6.45) is 0.681. The van der Waals surface area contributed by atoms with Crippen LogP contribution in [0.25, 0.3) is 5.57 Å². The minimum absolute atomic E-state index is 0.0667. The largest absolute Gasteiger partial charge is 0.417 e. The molecule has 0 aliphatic carbocycles. The highest BCUT2D eigenvalue weighted by atomic mass is 19.4. The molecule has 2 aliphatic heterocycles. The number of likely N-dealkylation sites (N-methyl/N-ethyl adjacent to an activating group) is 1. The van der Waals surface area contributed by atoms with Crippen molar-refractivity contribution in [3.8, 4) is 0 Å². The van der Waals surface area contributed by atoms with Gasteiger partial charge in [-0.1, -0.05) is 37.6 Å². The van der Waals surface area contributed by atoms with Crippen LogP contribution < -0.4 is 16.0 Å². The number of hydrogen-bond acceptors (Lipinski definition) is 5. The second kappa shape index (κ2) is 13.4. The van der Waals surface area contributed by atoms with Crippen LogP contribution in [0.1, 0.15) is 61.8 Å². The van der Waals surface area contributed by atoms with Crippen LogP contribution >= 0.6 is 0 Å². The lowest BCUT2D eigenvalue weighted by Gasteiger charge is -2.31. The zero-order valence-corrected chi connectivity index (χ0v) is 23.7. The van der Waals surface area contributed by atoms with Crippen LogP contribution in [0.15, 0.2) is 58.3 Å². The monoisotopic (exact) mass is 547 g/mol. The van der Waals surface area contributed by atoms with Gasteiger partial charge in [-0.25, -0.2) is 9.38 Å². The molecule has 3 N–H and O–H groups in total. The number of benzene rings is 1. The number of nitrogens with one attached hydrogen (secondary N) is 3. The summed E-state index contributed by atoms with van der Waals surface area (Å²) in [7, 11) is 1.84. The van der Waals surface area contributed by atoms with Crippen LogP contribution in [-0.2, 0) is 6.18 Å². The number of likely N-dealkylation sites (tertiary alicyclic amines) is 1. The van der Waals surface area contributed by atoms with Crippen molar-refractivity contribution in [3.63, 3.8) is 0 Å². The number of halogens is 4. The number of allylic oxidation sites excluding steroid dienone is 3. The number of aryl methyl sites for hydroxylation is 1. The van der Waals surface area contributed by atoms with Crippen molar-refractivity contribution < 1.29 is 17.6 Å². The molecule has 0 bridgehead atoms. The van der Waals surface area contributed by atoms with Crippen molar-refractivity contribution in [3.05, 3.63) is 75.5 Å². The van der Waals surface area contributed by atoms with Crippen LogP contribution in [0.4, 0.5) is 17.6 Å². The molecule has 5 nitrogen and oxygen atoms in total. The highest BCUT2D eigenvalue weighted by Crippen LogP contribution is 2.41. The van der Waals surface area contributed by atoms with Gasteiger partial charge in [-0.3, -0.25) is 4.90 Å². The Kier molecular flexibility index (Phi) is 10.6. The zero-order chi connectivity index (χ0) is 28.7. The first-order valence-electron chi connectivity index (χ1n) is 13.6. The average Bonchev–Trinajstić information content (AvgIpc) is 3.04. The average molecular weight is 548 g/mol. The lowest BCUT2D eigenvalue weighted by Crippen LogP contribution is -2.44. The molecule has 0 radical (unpaired) electrons. The van der Waals surface area contributed by atoms with E-state index in [4.69, 9.17) is 0 Å². The van der Waals surface area contributed by atoms with E-state index in [0.717, 1.165) is 37.9 Å². The summed E-state index contributed by atoms with van der Waals surface area (Å²) in [6.45, 7) is 14.5. The van der Waals surface area contributed by atoms with Crippen LogP contribution in [0.5, 0.6) is 0 Å². The van der Waals surface area contributed by atoms with Crippen molar-refractivity contribution in [1.29, 1.82) is 0 Å². The predicted octanol–water partition coefficient (Wildman–Crippen LogP) is 6.38. The number of hydrogen-bond donors (Lipinski definition) is 3. The van der Waals surface area contributed by atoms with Crippen LogP contribution in [0.2, 0.25) is 0 Å². The zero-order valence-electron chi connectivity index (χ0n) is 23.7. The number of rotatable bonds is 11. The Morgan fingerprint density at radius 3 is 2.49 bits per heavy atom. The molecule has 2 heterocycles. The Labute approximate surface area is 229 Å². The minimum atomic E-state index is -4.66. The fraction of sp³-hybridized carbons (Fsp3) is 0.500. The number of nitrogens with zero attached hydrogens (tertiary/aromatic N) is 2. The minimum Gasteiger partial charge on any atom is -0.382 e. The Hall–Kier alpha value is -2.91. The summed E-state index contributed by atoms with van der Waals surface area (Å²) in [5.74, 6) is -0.288. The molecule has 1 fully saturated rings. The second-order valence-corrected chi connectivity index (χ2v) is 10.3. The highest BCUT2D eigenvalue weighted by molar-refractivity contribution is 5.90. The third-order valence-corrected chi connectivity index (χ3v) is 7.31. The molecule has 2 aliphatic rings. The molecule has 9 heteroatoms. The fourth-order valence-electron chi connectivity index (χ4n) is 4.75. The van der Waals surface area contributed by atoms with Gasteiger partial charge in [-0.05, 0) is 76.9 Å². The first-order valence-corrected chi connectivity index (χ1v) is 13.6. The summed E-state index contributed by atoms with van der Waals surface area (Å²) < 4.78 is 59.2. The summed E-state index contributed by atoms with van der Waals surface area (Å²) >= 11 is 0. The molecule has 1 aromatic rings. The normalized spacial score (nSPS) is 18.9. The van der Waals surface area contributed by atoms with Crippen LogP contribution in [0.3, 0.4) is 0 Å². The molecule has 0 amide bonds. The van der Waals surface area contributed by atoms with Crippen LogP contribution in [0, 0.1) is 13.8 Å². The number of aliphatic imine (C=N–C) groups is 1. The predicted molar refractivity (Wildman–Crippen MR) is 152 cm³/mol. The number of amidine groups is 1. The van der Waals surface area contributed by atoms with Gasteiger partial charge in [-0.15, -0.1) is 0 Å². The smallest absolute Gasteiger partial charge is 0.382 e. The van der Waals surface area contributed by atoms with E-state index in [1.165, 1.54) is 13.0 Å². The van der Waals surface area contributed by atoms with E-state index in [2.05, 4.69) is 39.3 Å². The molecule has 0 unspecified atom stereocenters. The maximum atomic E-state index is 16.6. The summed E-state index contributed by atoms with van der Waals surface area (Å²) in [6, 6.07) is 2.89. The SMILES string of the molecule is C=C(/C(F)=C1/NC(CN2CCC2)=NC=C(NCCNC)/C1=C(\C)CCCC)c1ccc(C)c(C)c1C(F)(F)F. The molecule has 1 aromatic carbocycles. The lowest BCUT2D eigenvalue weighted by molar-refractivity contribution is -0.138. The van der Waals surface area contributed by atoms with Gasteiger partial charge >= 0.3 is 6.18 Å². The third kappa shape index (κ3) is 7.39. The molecule has 0 saturated carbocycles. The number of unbranched alkanes of at least 4 members (excludes halogenated alkanes) is 1. The van der Waals surface area contributed by atoms with E-state index >= 15 is 4.39 Å². The molecule has 214 valence electrons. The van der Waals surface area contributed by atoms with E-state index in [0.29, 0.717) is 48.7 Å². The first-order chi connectivity index (χ1) is 18.5. The van der Waals surface area contributed by atoms with Gasteiger partial charge in [0, 0.05) is 24.2 Å². The van der Waals surface area contributed by atoms with Gasteiger partial charge in [0.25, 0.3) is 0 Å². The van der Waals surface area contributed by atoms with Gasteiger partial charge in [0.15, 0.2) is 5.83 Å². The Bertz CT molecular complexity index is 1190. The molecule has 0 spiro atoms. The van der Waals surface area contributed by atoms with E-state index in [1.807, 2.05) is 14.0 Å². The number of alkyl halides is 3. The topological polar surface area (TPSA) is 51.7 Å². The summed E-state index contributed by atoms with van der Waals surface area (Å²) in [5, 5.41) is 9.62. The quantitative estimate of drug-likeness (QED) is 0.222. The van der Waals surface area contributed by atoms with E-state index in [9.17, 15) is 13.2 Å². The Balaban J connectivity index is 2.20. The Morgan fingerprint density at radius 2 is 1.90 bits per heavy atom. The molecule has 3 rings (SSSR count). The standard InChI is InChI=1S/C30H41F4N5/c1-7-8-10-20(3)26-24(36-14-13-35-6)17-37-25(18-39-15-9-16-39)38-29(26)28(31)22(5)23-12-11-19(2)21(4)27(23)30(32,33)34/h11-12,17,35-36H,5,7-10,13-16,18H2,1-4,6H3,(H,37,38)/b26-20-,29-28-. The maximum absolute atomic E-state index is 16.6. The van der Waals surface area contributed by atoms with Gasteiger partial charge in [0.2, 0.25) is 0 Å². The second-order valence-electron chi connectivity index (χ2n) is 10.3. The van der Waals surface area contributed by atoms with Crippen molar-refractivity contribution in [2.24, 2.45) is 4.99 Å². The van der Waals surface area contributed by atoms with E-state index in [1.54, 1.807) is 19.2 Å². The molecule has 0 aromatic heterocycles. The van der Waals surface area contributed by atoms with Crippen molar-refractivity contribution in [2.45, 2.75) is 59.6 Å². The first kappa shape index (κ1) is 30.6. The van der Waals surface area contributed by atoms with Gasteiger partial charge in [0.05, 0.1) is 29.7 Å². The van der Waals surface area contributed by atoms with E-state index < -0.39 is 17.6 Å². The van der Waals surface area contributed by atoms with Crippen LogP contribution in [-0.4, -0.2) is 50.5 Å². The van der Waals surface area contributed by atoms with Crippen molar-refractivity contribution in [2.75, 3.05) is 39.8 Å². The highest BCUT2D eigenvalue weighted by Gasteiger charge is 2.37. The molecule has 0 atom stereocenters. The summed E-state index contributed by atoms with van der Waals surface area (Å²) in [5.41, 5.74) is 1.34. The van der Waals surface area contributed by atoms with Crippen molar-refractivity contribution >= 4 is 11.4 Å². The third-order valence-electron chi connectivity index (χ3n) is 7.31. The van der Waals surface area contributed by atoms with E-state index in [-0.39, 0.29) is 22.4 Å². The molecular weight excluding hydrogens is 506 g/mol. The molecule has 1 saturated heterocycles. The van der Waals surface area contributed by atoms with Gasteiger partial charge in [-0.2, -0.15) is 13.2 Å². The Morgan fingerprint density at radius 1 is 1.18 bits per heavy atom. The fourth-order valence-corrected chi connectivity index (χ4v) is 4.75. The summed E-state index contributed by atoms with van der Waals surface area (Å²) in [4.78, 5) is 6.82. The molecule has 39 heavy (non-hydrogen) atoms.